The molecule has 0 amide bonds. The van der Waals surface area contributed by atoms with Gasteiger partial charge in [0.2, 0.25) is 0 Å². The van der Waals surface area contributed by atoms with Crippen molar-refractivity contribution in [3.05, 3.63) is 11.6 Å². The summed E-state index contributed by atoms with van der Waals surface area (Å²) in [7, 11) is 1.81. The molecule has 0 aromatic carbocycles. The van der Waals surface area contributed by atoms with Gasteiger partial charge in [0.15, 0.2) is 5.96 Å². The average Bonchev–Trinajstić information content (AvgIpc) is 3.16. The van der Waals surface area contributed by atoms with E-state index < -0.39 is 0 Å². The van der Waals surface area contributed by atoms with Crippen LogP contribution in [0.15, 0.2) is 4.99 Å². The Hall–Kier alpha value is -0.900. The van der Waals surface area contributed by atoms with E-state index in [0.717, 1.165) is 69.7 Å². The van der Waals surface area contributed by atoms with E-state index in [4.69, 9.17) is 4.74 Å². The highest BCUT2D eigenvalue weighted by Crippen LogP contribution is 2.14. The second-order valence-electron chi connectivity index (χ2n) is 6.35. The molecule has 1 aromatic rings. The van der Waals surface area contributed by atoms with Gasteiger partial charge in [-0.3, -0.25) is 4.99 Å². The topological polar surface area (TPSA) is 76.4 Å². The number of guanidine groups is 1. The molecule has 2 aliphatic rings. The summed E-state index contributed by atoms with van der Waals surface area (Å²) in [5, 5.41) is 15.5. The van der Waals surface area contributed by atoms with Crippen LogP contribution in [-0.4, -0.2) is 54.1 Å². The number of halogens is 1. The Balaban J connectivity index is 0.00000208. The van der Waals surface area contributed by atoms with Crippen molar-refractivity contribution in [1.29, 1.82) is 0 Å². The monoisotopic (exact) mass is 448 g/mol. The van der Waals surface area contributed by atoms with Crippen molar-refractivity contribution in [2.24, 2.45) is 10.9 Å². The Morgan fingerprint density at radius 1 is 1.29 bits per heavy atom. The number of nitrogens with zero attached hydrogens (tertiary/aromatic N) is 4. The van der Waals surface area contributed by atoms with E-state index in [1.165, 1.54) is 19.3 Å². The molecule has 24 heavy (non-hydrogen) atoms. The smallest absolute Gasteiger partial charge is 0.191 e. The van der Waals surface area contributed by atoms with Crippen LogP contribution in [0.2, 0.25) is 0 Å². The molecule has 1 unspecified atom stereocenters. The first-order valence-electron chi connectivity index (χ1n) is 8.80. The maximum absolute atomic E-state index is 5.40. The van der Waals surface area contributed by atoms with E-state index in [9.17, 15) is 0 Å². The fraction of sp³-hybridized carbons (Fsp3) is 0.812. The van der Waals surface area contributed by atoms with E-state index in [-0.39, 0.29) is 24.0 Å². The molecule has 3 heterocycles. The second-order valence-corrected chi connectivity index (χ2v) is 6.35. The Kier molecular flexibility index (Phi) is 8.23. The maximum Gasteiger partial charge on any atom is 0.191 e. The van der Waals surface area contributed by atoms with Gasteiger partial charge in [0.05, 0.1) is 6.61 Å². The zero-order valence-electron chi connectivity index (χ0n) is 14.5. The van der Waals surface area contributed by atoms with Crippen molar-refractivity contribution in [2.45, 2.75) is 45.1 Å². The molecule has 0 saturated carbocycles. The molecule has 3 rings (SSSR count). The first kappa shape index (κ1) is 19.4. The predicted octanol–water partition coefficient (Wildman–Crippen LogP) is 1.37. The molecule has 1 fully saturated rings. The van der Waals surface area contributed by atoms with Crippen molar-refractivity contribution < 1.29 is 4.74 Å². The molecule has 1 aromatic heterocycles. The number of fused-ring (bicyclic) bond motifs is 1. The number of hydrogen-bond donors (Lipinski definition) is 2. The highest BCUT2D eigenvalue weighted by atomic mass is 127. The zero-order valence-corrected chi connectivity index (χ0v) is 16.8. The minimum Gasteiger partial charge on any atom is -0.381 e. The average molecular weight is 448 g/mol. The summed E-state index contributed by atoms with van der Waals surface area (Å²) < 4.78 is 7.70. The van der Waals surface area contributed by atoms with Crippen molar-refractivity contribution in [2.75, 3.05) is 33.4 Å². The summed E-state index contributed by atoms with van der Waals surface area (Å²) in [5.41, 5.74) is 0. The number of aliphatic imine (C=N–C) groups is 1. The van der Waals surface area contributed by atoms with Gasteiger partial charge in [-0.05, 0) is 19.3 Å². The van der Waals surface area contributed by atoms with Crippen LogP contribution in [0, 0.1) is 5.92 Å². The third kappa shape index (κ3) is 5.30. The lowest BCUT2D eigenvalue weighted by molar-refractivity contribution is 0.186. The molecule has 0 aliphatic carbocycles. The van der Waals surface area contributed by atoms with Gasteiger partial charge < -0.3 is 19.9 Å². The standard InChI is InChI=1S/C16H28N6O.HI/c1-17-16(19-11-13-7-10-23-12-13)18-8-6-15-21-20-14-5-3-2-4-9-22(14)15;/h13H,2-12H2,1H3,(H2,17,18,19);1H. The highest BCUT2D eigenvalue weighted by Gasteiger charge is 2.16. The van der Waals surface area contributed by atoms with Crippen LogP contribution in [0.4, 0.5) is 0 Å². The third-order valence-corrected chi connectivity index (χ3v) is 4.63. The lowest BCUT2D eigenvalue weighted by atomic mass is 10.1. The first-order chi connectivity index (χ1) is 11.4. The van der Waals surface area contributed by atoms with Crippen molar-refractivity contribution >= 4 is 29.9 Å². The molecule has 1 atom stereocenters. The highest BCUT2D eigenvalue weighted by molar-refractivity contribution is 14.0. The molecule has 7 nitrogen and oxygen atoms in total. The number of rotatable bonds is 5. The lowest BCUT2D eigenvalue weighted by Crippen LogP contribution is -2.40. The van der Waals surface area contributed by atoms with E-state index >= 15 is 0 Å². The Morgan fingerprint density at radius 2 is 2.21 bits per heavy atom. The molecule has 2 N–H and O–H groups in total. The van der Waals surface area contributed by atoms with Gasteiger partial charge in [-0.15, -0.1) is 34.2 Å². The van der Waals surface area contributed by atoms with Crippen LogP contribution in [0.3, 0.4) is 0 Å². The van der Waals surface area contributed by atoms with Crippen LogP contribution in [0.1, 0.15) is 37.3 Å². The van der Waals surface area contributed by atoms with E-state index in [1.54, 1.807) is 0 Å². The summed E-state index contributed by atoms with van der Waals surface area (Å²) in [6.07, 6.45) is 6.84. The van der Waals surface area contributed by atoms with Crippen LogP contribution < -0.4 is 10.6 Å². The molecule has 0 spiro atoms. The molecule has 8 heteroatoms. The molecular weight excluding hydrogens is 419 g/mol. The van der Waals surface area contributed by atoms with Crippen molar-refractivity contribution in [3.63, 3.8) is 0 Å². The SMILES string of the molecule is CN=C(NCCc1nnc2n1CCCCC2)NCC1CCOC1.I. The first-order valence-corrected chi connectivity index (χ1v) is 8.80. The molecule has 136 valence electrons. The van der Waals surface area contributed by atoms with Gasteiger partial charge in [0.25, 0.3) is 0 Å². The van der Waals surface area contributed by atoms with E-state index in [0.29, 0.717) is 5.92 Å². The summed E-state index contributed by atoms with van der Waals surface area (Å²) in [6.45, 7) is 4.54. The Labute approximate surface area is 161 Å². The minimum atomic E-state index is 0. The number of nitrogens with one attached hydrogen (secondary N) is 2. The van der Waals surface area contributed by atoms with Crippen LogP contribution in [-0.2, 0) is 24.1 Å². The zero-order chi connectivity index (χ0) is 15.9. The van der Waals surface area contributed by atoms with Crippen LogP contribution in [0.25, 0.3) is 0 Å². The number of ether oxygens (including phenoxy) is 1. The molecule has 0 radical (unpaired) electrons. The van der Waals surface area contributed by atoms with Crippen molar-refractivity contribution in [3.8, 4) is 0 Å². The van der Waals surface area contributed by atoms with E-state index in [1.807, 2.05) is 7.05 Å². The fourth-order valence-corrected chi connectivity index (χ4v) is 3.23. The molecule has 0 bridgehead atoms. The summed E-state index contributed by atoms with van der Waals surface area (Å²) in [4.78, 5) is 4.28. The van der Waals surface area contributed by atoms with E-state index in [2.05, 4.69) is 30.4 Å². The summed E-state index contributed by atoms with van der Waals surface area (Å²) >= 11 is 0. The van der Waals surface area contributed by atoms with Gasteiger partial charge in [-0.1, -0.05) is 6.42 Å². The van der Waals surface area contributed by atoms with Crippen LogP contribution in [0.5, 0.6) is 0 Å². The summed E-state index contributed by atoms with van der Waals surface area (Å²) in [5.74, 6) is 3.70. The second kappa shape index (κ2) is 10.2. The predicted molar refractivity (Wildman–Crippen MR) is 105 cm³/mol. The molecule has 2 aliphatic heterocycles. The third-order valence-electron chi connectivity index (χ3n) is 4.63. The number of hydrogen-bond acceptors (Lipinski definition) is 4. The van der Waals surface area contributed by atoms with Crippen LogP contribution >= 0.6 is 24.0 Å². The summed E-state index contributed by atoms with van der Waals surface area (Å²) in [6, 6.07) is 0. The number of aryl methyl sites for hydroxylation is 1. The quantitative estimate of drug-likeness (QED) is 0.404. The van der Waals surface area contributed by atoms with Gasteiger partial charge in [0.1, 0.15) is 11.6 Å². The molecule has 1 saturated heterocycles. The lowest BCUT2D eigenvalue weighted by Gasteiger charge is -2.14. The van der Waals surface area contributed by atoms with Gasteiger partial charge in [0, 0.05) is 52.0 Å². The van der Waals surface area contributed by atoms with Gasteiger partial charge in [-0.2, -0.15) is 0 Å². The maximum atomic E-state index is 5.40. The van der Waals surface area contributed by atoms with Gasteiger partial charge >= 0.3 is 0 Å². The fourth-order valence-electron chi connectivity index (χ4n) is 3.23. The number of aromatic nitrogens is 3. The normalized spacial score (nSPS) is 20.9. The van der Waals surface area contributed by atoms with Crippen molar-refractivity contribution in [1.82, 2.24) is 25.4 Å². The largest absolute Gasteiger partial charge is 0.381 e. The minimum absolute atomic E-state index is 0. The Morgan fingerprint density at radius 3 is 3.00 bits per heavy atom. The Bertz CT molecular complexity index is 527. The molecular formula is C16H29IN6O. The van der Waals surface area contributed by atoms with Gasteiger partial charge in [-0.25, -0.2) is 0 Å².